The van der Waals surface area contributed by atoms with E-state index in [1.165, 1.54) is 0 Å². The molecule has 0 fully saturated rings. The maximum atomic E-state index is 9.51. The second kappa shape index (κ2) is 6.42. The average Bonchev–Trinajstić information content (AvgIpc) is 3.26. The third kappa shape index (κ3) is 3.00. The Morgan fingerprint density at radius 1 is 1.08 bits per heavy atom. The molecule has 1 N–H and O–H groups in total. The van der Waals surface area contributed by atoms with Gasteiger partial charge < -0.3 is 9.40 Å². The molecular formula is C20H12BrN3O. The van der Waals surface area contributed by atoms with Crippen LogP contribution in [0.3, 0.4) is 0 Å². The number of nitriles is 1. The summed E-state index contributed by atoms with van der Waals surface area (Å²) < 4.78 is 6.84. The number of H-pyrrole nitrogens is 1. The Labute approximate surface area is 152 Å². The largest absolute Gasteiger partial charge is 0.457 e. The summed E-state index contributed by atoms with van der Waals surface area (Å²) in [6.45, 7) is 0. The van der Waals surface area contributed by atoms with Crippen LogP contribution in [0.15, 0.2) is 69.6 Å². The number of para-hydroxylation sites is 2. The third-order valence-electron chi connectivity index (χ3n) is 3.82. The Hall–Kier alpha value is -3.10. The van der Waals surface area contributed by atoms with Crippen molar-refractivity contribution in [2.45, 2.75) is 0 Å². The van der Waals surface area contributed by atoms with Crippen LogP contribution in [0.5, 0.6) is 0 Å². The fourth-order valence-corrected chi connectivity index (χ4v) is 3.09. The number of nitrogens with one attached hydrogen (secondary N) is 1. The Bertz CT molecular complexity index is 1100. The minimum absolute atomic E-state index is 0.421. The summed E-state index contributed by atoms with van der Waals surface area (Å²) in [4.78, 5) is 7.63. The summed E-state index contributed by atoms with van der Waals surface area (Å²) >= 11 is 3.52. The van der Waals surface area contributed by atoms with Crippen molar-refractivity contribution < 1.29 is 4.42 Å². The second-order valence-corrected chi connectivity index (χ2v) is 6.31. The highest BCUT2D eigenvalue weighted by atomic mass is 79.9. The zero-order valence-corrected chi connectivity index (χ0v) is 14.6. The standard InChI is InChI=1S/C20H12BrN3O/c21-16-6-2-1-5-15(16)19-10-9-14(25-19)11-13(12-22)20-23-17-7-3-4-8-18(17)24-20/h1-11H,(H,23,24). The van der Waals surface area contributed by atoms with E-state index in [1.807, 2.05) is 60.7 Å². The van der Waals surface area contributed by atoms with Crippen LogP contribution in [0.4, 0.5) is 0 Å². The molecule has 0 atom stereocenters. The number of hydrogen-bond donors (Lipinski definition) is 1. The Balaban J connectivity index is 1.72. The quantitative estimate of drug-likeness (QED) is 0.460. The minimum atomic E-state index is 0.421. The van der Waals surface area contributed by atoms with Gasteiger partial charge in [-0.2, -0.15) is 5.26 Å². The van der Waals surface area contributed by atoms with Crippen molar-refractivity contribution in [2.75, 3.05) is 0 Å². The number of fused-ring (bicyclic) bond motifs is 1. The highest BCUT2D eigenvalue weighted by molar-refractivity contribution is 9.10. The van der Waals surface area contributed by atoms with E-state index in [-0.39, 0.29) is 0 Å². The average molecular weight is 390 g/mol. The van der Waals surface area contributed by atoms with Gasteiger partial charge in [0.2, 0.25) is 0 Å². The van der Waals surface area contributed by atoms with Gasteiger partial charge in [-0.15, -0.1) is 0 Å². The maximum Gasteiger partial charge on any atom is 0.149 e. The van der Waals surface area contributed by atoms with Gasteiger partial charge in [0.15, 0.2) is 0 Å². The number of imidazole rings is 1. The molecule has 4 rings (SSSR count). The lowest BCUT2D eigenvalue weighted by Crippen LogP contribution is -1.84. The number of aromatic amines is 1. The number of rotatable bonds is 3. The molecule has 2 heterocycles. The Morgan fingerprint density at radius 2 is 1.88 bits per heavy atom. The molecule has 5 heteroatoms. The molecule has 2 aromatic carbocycles. The van der Waals surface area contributed by atoms with Gasteiger partial charge in [0.05, 0.1) is 16.6 Å². The van der Waals surface area contributed by atoms with Crippen molar-refractivity contribution in [3.05, 3.63) is 76.7 Å². The van der Waals surface area contributed by atoms with Crippen LogP contribution in [0.25, 0.3) is 34.0 Å². The molecule has 0 radical (unpaired) electrons. The van der Waals surface area contributed by atoms with Gasteiger partial charge in [0.1, 0.15) is 23.4 Å². The topological polar surface area (TPSA) is 65.6 Å². The SMILES string of the molecule is N#CC(=Cc1ccc(-c2ccccc2Br)o1)c1nc2ccccc2[nH]1. The van der Waals surface area contributed by atoms with Crippen molar-refractivity contribution in [3.63, 3.8) is 0 Å². The van der Waals surface area contributed by atoms with E-state index in [4.69, 9.17) is 4.42 Å². The summed E-state index contributed by atoms with van der Waals surface area (Å²) in [6.07, 6.45) is 1.69. The number of halogens is 1. The van der Waals surface area contributed by atoms with Crippen molar-refractivity contribution in [1.82, 2.24) is 9.97 Å². The molecule has 0 spiro atoms. The van der Waals surface area contributed by atoms with Gasteiger partial charge in [-0.1, -0.05) is 46.3 Å². The van der Waals surface area contributed by atoms with Crippen molar-refractivity contribution in [3.8, 4) is 17.4 Å². The summed E-state index contributed by atoms with van der Waals surface area (Å²) in [5.41, 5.74) is 3.10. The molecule has 0 aliphatic heterocycles. The number of hydrogen-bond acceptors (Lipinski definition) is 3. The summed E-state index contributed by atoms with van der Waals surface area (Å²) in [5, 5.41) is 9.51. The monoisotopic (exact) mass is 389 g/mol. The maximum absolute atomic E-state index is 9.51. The molecule has 0 saturated carbocycles. The highest BCUT2D eigenvalue weighted by Gasteiger charge is 2.11. The van der Waals surface area contributed by atoms with Crippen molar-refractivity contribution in [1.29, 1.82) is 5.26 Å². The van der Waals surface area contributed by atoms with Gasteiger partial charge in [0.25, 0.3) is 0 Å². The first-order valence-electron chi connectivity index (χ1n) is 7.66. The van der Waals surface area contributed by atoms with Gasteiger partial charge in [-0.3, -0.25) is 0 Å². The van der Waals surface area contributed by atoms with E-state index in [1.54, 1.807) is 6.08 Å². The van der Waals surface area contributed by atoms with Crippen LogP contribution in [0.2, 0.25) is 0 Å². The minimum Gasteiger partial charge on any atom is -0.457 e. The van der Waals surface area contributed by atoms with E-state index in [0.29, 0.717) is 17.2 Å². The molecule has 0 aliphatic carbocycles. The zero-order valence-electron chi connectivity index (χ0n) is 13.0. The predicted molar refractivity (Wildman–Crippen MR) is 101 cm³/mol. The third-order valence-corrected chi connectivity index (χ3v) is 4.51. The van der Waals surface area contributed by atoms with Crippen LogP contribution in [0.1, 0.15) is 11.6 Å². The van der Waals surface area contributed by atoms with E-state index in [0.717, 1.165) is 26.8 Å². The fourth-order valence-electron chi connectivity index (χ4n) is 2.61. The van der Waals surface area contributed by atoms with E-state index in [2.05, 4.69) is 32.0 Å². The molecule has 0 amide bonds. The molecule has 0 aliphatic rings. The molecule has 2 aromatic heterocycles. The van der Waals surface area contributed by atoms with Gasteiger partial charge in [-0.05, 0) is 30.3 Å². The van der Waals surface area contributed by atoms with Crippen molar-refractivity contribution in [2.24, 2.45) is 0 Å². The fraction of sp³-hybridized carbons (Fsp3) is 0. The van der Waals surface area contributed by atoms with Gasteiger partial charge in [0, 0.05) is 16.1 Å². The number of benzene rings is 2. The summed E-state index contributed by atoms with van der Waals surface area (Å²) in [5.74, 6) is 1.87. The molecule has 0 saturated heterocycles. The molecule has 25 heavy (non-hydrogen) atoms. The molecule has 120 valence electrons. The van der Waals surface area contributed by atoms with Gasteiger partial charge in [-0.25, -0.2) is 4.98 Å². The van der Waals surface area contributed by atoms with E-state index < -0.39 is 0 Å². The number of aromatic nitrogens is 2. The van der Waals surface area contributed by atoms with Crippen LogP contribution < -0.4 is 0 Å². The number of nitrogens with zero attached hydrogens (tertiary/aromatic N) is 2. The molecule has 4 nitrogen and oxygen atoms in total. The van der Waals surface area contributed by atoms with E-state index >= 15 is 0 Å². The highest BCUT2D eigenvalue weighted by Crippen LogP contribution is 2.30. The molecule has 0 unspecified atom stereocenters. The predicted octanol–water partition coefficient (Wildman–Crippen LogP) is 5.65. The summed E-state index contributed by atoms with van der Waals surface area (Å²) in [6, 6.07) is 21.4. The van der Waals surface area contributed by atoms with Crippen molar-refractivity contribution >= 4 is 38.6 Å². The number of furan rings is 1. The van der Waals surface area contributed by atoms with Gasteiger partial charge >= 0.3 is 0 Å². The molecule has 0 bridgehead atoms. The number of allylic oxidation sites excluding steroid dienone is 1. The van der Waals surface area contributed by atoms with Crippen LogP contribution >= 0.6 is 15.9 Å². The normalized spacial score (nSPS) is 11.6. The first kappa shape index (κ1) is 15.4. The molecular weight excluding hydrogens is 378 g/mol. The Morgan fingerprint density at radius 3 is 2.68 bits per heavy atom. The molecule has 4 aromatic rings. The van der Waals surface area contributed by atoms with Crippen LogP contribution in [0, 0.1) is 11.3 Å². The first-order valence-corrected chi connectivity index (χ1v) is 8.45. The van der Waals surface area contributed by atoms with E-state index in [9.17, 15) is 5.26 Å². The van der Waals surface area contributed by atoms with Crippen LogP contribution in [-0.4, -0.2) is 9.97 Å². The lowest BCUT2D eigenvalue weighted by molar-refractivity contribution is 0.571. The zero-order chi connectivity index (χ0) is 17.2. The smallest absolute Gasteiger partial charge is 0.149 e. The first-order chi connectivity index (χ1) is 12.2. The summed E-state index contributed by atoms with van der Waals surface area (Å²) in [7, 11) is 0. The second-order valence-electron chi connectivity index (χ2n) is 5.45. The lowest BCUT2D eigenvalue weighted by atomic mass is 10.2. The Kier molecular flexibility index (Phi) is 3.96. The lowest BCUT2D eigenvalue weighted by Gasteiger charge is -1.99. The van der Waals surface area contributed by atoms with Crippen LogP contribution in [-0.2, 0) is 0 Å².